The number of ether oxygens (including phenoxy) is 2. The van der Waals surface area contributed by atoms with E-state index in [1.807, 2.05) is 4.98 Å². The Kier molecular flexibility index (Phi) is 6.80. The van der Waals surface area contributed by atoms with Crippen molar-refractivity contribution in [1.82, 2.24) is 9.55 Å². The summed E-state index contributed by atoms with van der Waals surface area (Å²) in [4.78, 5) is 25.0. The van der Waals surface area contributed by atoms with Crippen molar-refractivity contribution in [2.24, 2.45) is 0 Å². The molecule has 0 amide bonds. The Morgan fingerprint density at radius 2 is 1.93 bits per heavy atom. The maximum Gasteiger partial charge on any atom is 0.356 e. The number of H-pyrrole nitrogens is 1. The van der Waals surface area contributed by atoms with E-state index in [1.54, 1.807) is 27.7 Å². The van der Waals surface area contributed by atoms with Gasteiger partial charge in [0.05, 0.1) is 18.8 Å². The summed E-state index contributed by atoms with van der Waals surface area (Å²) < 4.78 is 34.7. The molecule has 12 heteroatoms. The van der Waals surface area contributed by atoms with Crippen molar-refractivity contribution in [3.63, 3.8) is 0 Å². The van der Waals surface area contributed by atoms with Gasteiger partial charge in [-0.25, -0.2) is 9.36 Å². The van der Waals surface area contributed by atoms with Crippen molar-refractivity contribution < 1.29 is 33.3 Å². The van der Waals surface area contributed by atoms with Crippen LogP contribution in [-0.4, -0.2) is 57.1 Å². The van der Waals surface area contributed by atoms with E-state index in [0.29, 0.717) is 4.57 Å². The van der Waals surface area contributed by atoms with Gasteiger partial charge < -0.3 is 28.7 Å². The van der Waals surface area contributed by atoms with E-state index in [-0.39, 0.29) is 18.8 Å². The first-order valence-corrected chi connectivity index (χ1v) is 10.1. The molecule has 3 atom stereocenters. The highest BCUT2D eigenvalue weighted by Crippen LogP contribution is 2.51. The zero-order chi connectivity index (χ0) is 20.4. The molecule has 2 heterocycles. The second-order valence-corrected chi connectivity index (χ2v) is 8.55. The van der Waals surface area contributed by atoms with E-state index >= 15 is 0 Å². The van der Waals surface area contributed by atoms with Crippen LogP contribution in [-0.2, 0) is 29.0 Å². The molecule has 11 nitrogen and oxygen atoms in total. The summed E-state index contributed by atoms with van der Waals surface area (Å²) in [6.07, 6.45) is -3.09. The number of nitrogens with zero attached hydrogens (tertiary/aromatic N) is 1. The zero-order valence-electron chi connectivity index (χ0n) is 15.5. The molecule has 1 aliphatic rings. The van der Waals surface area contributed by atoms with E-state index in [2.05, 4.69) is 0 Å². The van der Waals surface area contributed by atoms with Crippen molar-refractivity contribution in [1.29, 1.82) is 0 Å². The minimum absolute atomic E-state index is 0.299. The fourth-order valence-corrected chi connectivity index (χ4v) is 4.39. The SMILES string of the molecule is CC(C)OP(=O)(CO[C@H]1COC(O)(n2ccc(=O)[nH]c2=O)[C@@H]1O)OC(C)C. The van der Waals surface area contributed by atoms with Gasteiger partial charge in [-0.05, 0) is 27.7 Å². The van der Waals surface area contributed by atoms with Crippen LogP contribution in [0.5, 0.6) is 0 Å². The maximum atomic E-state index is 12.8. The third-order valence-corrected chi connectivity index (χ3v) is 5.51. The molecule has 1 aromatic heterocycles. The van der Waals surface area contributed by atoms with Crippen molar-refractivity contribution in [3.05, 3.63) is 33.1 Å². The van der Waals surface area contributed by atoms with Gasteiger partial charge in [-0.2, -0.15) is 0 Å². The Hall–Kier alpha value is -1.33. The second-order valence-electron chi connectivity index (χ2n) is 6.65. The average Bonchev–Trinajstić information content (AvgIpc) is 2.80. The van der Waals surface area contributed by atoms with Gasteiger partial charge in [0.15, 0.2) is 6.10 Å². The lowest BCUT2D eigenvalue weighted by Crippen LogP contribution is -2.51. The fraction of sp³-hybridized carbons (Fsp3) is 0.733. The summed E-state index contributed by atoms with van der Waals surface area (Å²) in [6.45, 7) is 6.44. The summed E-state index contributed by atoms with van der Waals surface area (Å²) in [5.74, 6) is -2.45. The minimum Gasteiger partial charge on any atom is -0.382 e. The number of hydrogen-bond donors (Lipinski definition) is 3. The molecule has 27 heavy (non-hydrogen) atoms. The van der Waals surface area contributed by atoms with Crippen molar-refractivity contribution >= 4 is 7.60 Å². The van der Waals surface area contributed by atoms with Crippen LogP contribution in [0.2, 0.25) is 0 Å². The Morgan fingerprint density at radius 3 is 2.44 bits per heavy atom. The Labute approximate surface area is 155 Å². The Bertz CT molecular complexity index is 791. The molecule has 154 valence electrons. The fourth-order valence-electron chi connectivity index (χ4n) is 2.56. The van der Waals surface area contributed by atoms with Gasteiger partial charge in [0, 0.05) is 12.3 Å². The third-order valence-electron chi connectivity index (χ3n) is 3.56. The molecule has 1 fully saturated rings. The summed E-state index contributed by atoms with van der Waals surface area (Å²) in [7, 11) is -3.63. The molecule has 2 rings (SSSR count). The number of rotatable bonds is 8. The molecule has 1 aliphatic heterocycles. The molecule has 0 saturated carbocycles. The molecule has 0 aliphatic carbocycles. The molecule has 3 N–H and O–H groups in total. The van der Waals surface area contributed by atoms with Crippen molar-refractivity contribution in [3.8, 4) is 0 Å². The van der Waals surface area contributed by atoms with Gasteiger partial charge in [0.1, 0.15) is 12.5 Å². The molecule has 0 spiro atoms. The summed E-state index contributed by atoms with van der Waals surface area (Å²) in [6, 6.07) is 0.991. The van der Waals surface area contributed by atoms with Crippen LogP contribution in [0, 0.1) is 0 Å². The third kappa shape index (κ3) is 5.14. The van der Waals surface area contributed by atoms with Crippen LogP contribution in [0.3, 0.4) is 0 Å². The lowest BCUT2D eigenvalue weighted by Gasteiger charge is -2.28. The van der Waals surface area contributed by atoms with Gasteiger partial charge in [0.25, 0.3) is 11.5 Å². The van der Waals surface area contributed by atoms with Gasteiger partial charge in [0.2, 0.25) is 0 Å². The van der Waals surface area contributed by atoms with Gasteiger partial charge in [-0.1, -0.05) is 0 Å². The molecule has 0 aromatic carbocycles. The average molecular weight is 408 g/mol. The van der Waals surface area contributed by atoms with Crippen molar-refractivity contribution in [2.75, 3.05) is 13.0 Å². The summed E-state index contributed by atoms with van der Waals surface area (Å²) in [5, 5.41) is 20.9. The molecular weight excluding hydrogens is 383 g/mol. The largest absolute Gasteiger partial charge is 0.382 e. The summed E-state index contributed by atoms with van der Waals surface area (Å²) in [5.41, 5.74) is -1.64. The lowest BCUT2D eigenvalue weighted by molar-refractivity contribution is -0.278. The van der Waals surface area contributed by atoms with Crippen LogP contribution < -0.4 is 11.2 Å². The predicted octanol–water partition coefficient (Wildman–Crippen LogP) is -0.0839. The number of aliphatic hydroxyl groups is 2. The highest BCUT2D eigenvalue weighted by atomic mass is 31.2. The van der Waals surface area contributed by atoms with Gasteiger partial charge >= 0.3 is 13.3 Å². The molecule has 0 radical (unpaired) electrons. The van der Waals surface area contributed by atoms with E-state index < -0.39 is 43.3 Å². The number of aliphatic hydroxyl groups excluding tert-OH is 1. The number of aromatic nitrogens is 2. The molecule has 1 aromatic rings. The smallest absolute Gasteiger partial charge is 0.356 e. The predicted molar refractivity (Wildman–Crippen MR) is 93.3 cm³/mol. The zero-order valence-corrected chi connectivity index (χ0v) is 16.4. The topological polar surface area (TPSA) is 149 Å². The number of hydrogen-bond acceptors (Lipinski definition) is 9. The van der Waals surface area contributed by atoms with Crippen LogP contribution in [0.25, 0.3) is 0 Å². The van der Waals surface area contributed by atoms with E-state index in [9.17, 15) is 24.4 Å². The highest BCUT2D eigenvalue weighted by molar-refractivity contribution is 7.53. The quantitative estimate of drug-likeness (QED) is 0.502. The normalized spacial score (nSPS) is 26.2. The monoisotopic (exact) mass is 408 g/mol. The lowest BCUT2D eigenvalue weighted by atomic mass is 10.2. The van der Waals surface area contributed by atoms with Gasteiger partial charge in [-0.3, -0.25) is 14.3 Å². The minimum atomic E-state index is -3.63. The first kappa shape index (κ1) is 22.0. The second kappa shape index (κ2) is 8.36. The first-order valence-electron chi connectivity index (χ1n) is 8.41. The van der Waals surface area contributed by atoms with E-state index in [0.717, 1.165) is 12.3 Å². The van der Waals surface area contributed by atoms with Crippen LogP contribution in [0.4, 0.5) is 0 Å². The van der Waals surface area contributed by atoms with Crippen LogP contribution in [0.1, 0.15) is 27.7 Å². The Balaban J connectivity index is 2.14. The van der Waals surface area contributed by atoms with Crippen molar-refractivity contribution in [2.45, 2.75) is 58.0 Å². The molecule has 1 unspecified atom stereocenters. The molecular formula is C15H25N2O9P. The molecule has 1 saturated heterocycles. The number of nitrogens with one attached hydrogen (secondary N) is 1. The first-order chi connectivity index (χ1) is 12.5. The van der Waals surface area contributed by atoms with E-state index in [1.165, 1.54) is 0 Å². The maximum absolute atomic E-state index is 12.8. The van der Waals surface area contributed by atoms with Crippen LogP contribution >= 0.6 is 7.60 Å². The Morgan fingerprint density at radius 1 is 1.33 bits per heavy atom. The summed E-state index contributed by atoms with van der Waals surface area (Å²) >= 11 is 0. The molecule has 0 bridgehead atoms. The van der Waals surface area contributed by atoms with E-state index in [4.69, 9.17) is 18.5 Å². The van der Waals surface area contributed by atoms with Crippen LogP contribution in [0.15, 0.2) is 21.9 Å². The highest BCUT2D eigenvalue weighted by Gasteiger charge is 2.52. The van der Waals surface area contributed by atoms with Gasteiger partial charge in [-0.15, -0.1) is 0 Å². The number of aromatic amines is 1. The standard InChI is InChI=1S/C15H25N2O9P/c1-9(2)25-27(22,26-10(3)4)8-23-11-7-24-15(21,13(11)19)17-6-5-12(18)16-14(17)20/h5-6,9-11,13,19,21H,7-8H2,1-4H3,(H,16,18,20)/t11-,13+,15?/m0/s1.